The minimum atomic E-state index is -0.560. The molecule has 1 aromatic carbocycles. The molecule has 1 atom stereocenters. The van der Waals surface area contributed by atoms with Crippen LogP contribution in [0, 0.1) is 3.57 Å². The standard InChI is InChI=1S/C13H10BrIN2O3/c14-7-1-2-8(15)11-6(7)5-17(13(11)20)9-3-4-10(18)16-12(9)19/h1-2,9H,3-5H2,(H,16,18,19)/t9-/m0/s1. The summed E-state index contributed by atoms with van der Waals surface area (Å²) in [7, 11) is 0. The fourth-order valence-corrected chi connectivity index (χ4v) is 3.79. The number of amides is 3. The lowest BCUT2D eigenvalue weighted by Crippen LogP contribution is -2.52. The number of piperidine rings is 1. The number of imide groups is 1. The molecule has 0 aromatic heterocycles. The zero-order chi connectivity index (χ0) is 14.4. The molecule has 3 amide bonds. The second kappa shape index (κ2) is 5.10. The van der Waals surface area contributed by atoms with Crippen molar-refractivity contribution in [3.8, 4) is 0 Å². The van der Waals surface area contributed by atoms with Crippen LogP contribution in [0.5, 0.6) is 0 Å². The summed E-state index contributed by atoms with van der Waals surface area (Å²) < 4.78 is 1.75. The van der Waals surface area contributed by atoms with Crippen molar-refractivity contribution >= 4 is 56.2 Å². The van der Waals surface area contributed by atoms with Gasteiger partial charge in [0.1, 0.15) is 6.04 Å². The molecule has 2 aliphatic heterocycles. The van der Waals surface area contributed by atoms with Gasteiger partial charge in [0.2, 0.25) is 11.8 Å². The molecular formula is C13H10BrIN2O3. The summed E-state index contributed by atoms with van der Waals surface area (Å²) >= 11 is 5.57. The first-order valence-electron chi connectivity index (χ1n) is 6.10. The van der Waals surface area contributed by atoms with Crippen LogP contribution < -0.4 is 5.32 Å². The van der Waals surface area contributed by atoms with Gasteiger partial charge in [-0.2, -0.15) is 0 Å². The van der Waals surface area contributed by atoms with Crippen molar-refractivity contribution in [1.82, 2.24) is 10.2 Å². The zero-order valence-corrected chi connectivity index (χ0v) is 14.0. The van der Waals surface area contributed by atoms with E-state index in [-0.39, 0.29) is 24.1 Å². The Morgan fingerprint density at radius 3 is 2.70 bits per heavy atom. The predicted molar refractivity (Wildman–Crippen MR) is 82.9 cm³/mol. The lowest BCUT2D eigenvalue weighted by molar-refractivity contribution is -0.136. The number of nitrogens with zero attached hydrogens (tertiary/aromatic N) is 1. The van der Waals surface area contributed by atoms with E-state index in [1.807, 2.05) is 12.1 Å². The number of rotatable bonds is 1. The molecule has 1 fully saturated rings. The second-order valence-corrected chi connectivity index (χ2v) is 6.80. The van der Waals surface area contributed by atoms with E-state index in [0.29, 0.717) is 18.5 Å². The third-order valence-corrected chi connectivity index (χ3v) is 5.24. The molecule has 1 aromatic rings. The highest BCUT2D eigenvalue weighted by atomic mass is 127. The van der Waals surface area contributed by atoms with Crippen LogP contribution in [0.2, 0.25) is 0 Å². The van der Waals surface area contributed by atoms with Crippen LogP contribution in [0.15, 0.2) is 16.6 Å². The Labute approximate surface area is 137 Å². The smallest absolute Gasteiger partial charge is 0.256 e. The Kier molecular flexibility index (Phi) is 3.57. The Morgan fingerprint density at radius 1 is 1.30 bits per heavy atom. The van der Waals surface area contributed by atoms with Gasteiger partial charge >= 0.3 is 0 Å². The zero-order valence-electron chi connectivity index (χ0n) is 10.3. The molecule has 2 aliphatic rings. The maximum absolute atomic E-state index is 12.5. The number of nitrogens with one attached hydrogen (secondary N) is 1. The summed E-state index contributed by atoms with van der Waals surface area (Å²) in [6.07, 6.45) is 0.660. The van der Waals surface area contributed by atoms with Crippen molar-refractivity contribution in [3.05, 3.63) is 31.3 Å². The Bertz CT molecular complexity index is 647. The molecule has 0 saturated carbocycles. The van der Waals surface area contributed by atoms with Gasteiger partial charge in [-0.25, -0.2) is 0 Å². The van der Waals surface area contributed by atoms with E-state index in [0.717, 1.165) is 13.6 Å². The van der Waals surface area contributed by atoms with Gasteiger partial charge in [0, 0.05) is 21.0 Å². The van der Waals surface area contributed by atoms with E-state index in [9.17, 15) is 14.4 Å². The number of benzene rings is 1. The maximum Gasteiger partial charge on any atom is 0.256 e. The molecule has 0 bridgehead atoms. The van der Waals surface area contributed by atoms with Gasteiger partial charge in [0.25, 0.3) is 5.91 Å². The first kappa shape index (κ1) is 14.0. The molecule has 104 valence electrons. The van der Waals surface area contributed by atoms with E-state index >= 15 is 0 Å². The molecule has 5 nitrogen and oxygen atoms in total. The van der Waals surface area contributed by atoms with Crippen molar-refractivity contribution < 1.29 is 14.4 Å². The van der Waals surface area contributed by atoms with Gasteiger partial charge in [-0.05, 0) is 46.7 Å². The van der Waals surface area contributed by atoms with Crippen LogP contribution in [0.3, 0.4) is 0 Å². The molecule has 3 rings (SSSR count). The van der Waals surface area contributed by atoms with Crippen molar-refractivity contribution in [2.75, 3.05) is 0 Å². The maximum atomic E-state index is 12.5. The van der Waals surface area contributed by atoms with Crippen LogP contribution in [-0.2, 0) is 16.1 Å². The summed E-state index contributed by atoms with van der Waals surface area (Å²) in [4.78, 5) is 37.2. The van der Waals surface area contributed by atoms with E-state index in [1.54, 1.807) is 4.90 Å². The Hall–Kier alpha value is -0.960. The fourth-order valence-electron chi connectivity index (χ4n) is 2.60. The van der Waals surface area contributed by atoms with E-state index in [1.165, 1.54) is 0 Å². The lowest BCUT2D eigenvalue weighted by Gasteiger charge is -2.29. The molecule has 0 unspecified atom stereocenters. The van der Waals surface area contributed by atoms with Crippen molar-refractivity contribution in [3.63, 3.8) is 0 Å². The number of halogens is 2. The van der Waals surface area contributed by atoms with Crippen molar-refractivity contribution in [2.24, 2.45) is 0 Å². The van der Waals surface area contributed by atoms with Crippen LogP contribution in [0.1, 0.15) is 28.8 Å². The van der Waals surface area contributed by atoms with Crippen LogP contribution in [0.4, 0.5) is 0 Å². The predicted octanol–water partition coefficient (Wildman–Crippen LogP) is 1.81. The first-order chi connectivity index (χ1) is 9.49. The lowest BCUT2D eigenvalue weighted by atomic mass is 10.0. The van der Waals surface area contributed by atoms with Crippen LogP contribution in [0.25, 0.3) is 0 Å². The molecular weight excluding hydrogens is 439 g/mol. The number of carbonyl (C=O) groups excluding carboxylic acids is 3. The number of carbonyl (C=O) groups is 3. The molecule has 7 heteroatoms. The highest BCUT2D eigenvalue weighted by molar-refractivity contribution is 14.1. The molecule has 20 heavy (non-hydrogen) atoms. The van der Waals surface area contributed by atoms with Gasteiger partial charge in [-0.15, -0.1) is 0 Å². The monoisotopic (exact) mass is 448 g/mol. The molecule has 2 heterocycles. The number of fused-ring (bicyclic) bond motifs is 1. The van der Waals surface area contributed by atoms with Gasteiger partial charge in [0.05, 0.1) is 5.56 Å². The van der Waals surface area contributed by atoms with Gasteiger partial charge in [0.15, 0.2) is 0 Å². The minimum absolute atomic E-state index is 0.139. The highest BCUT2D eigenvalue weighted by Gasteiger charge is 2.40. The average molecular weight is 449 g/mol. The normalized spacial score (nSPS) is 22.0. The van der Waals surface area contributed by atoms with E-state index in [4.69, 9.17) is 0 Å². The summed E-state index contributed by atoms with van der Waals surface area (Å²) in [5, 5.41) is 2.30. The molecule has 1 saturated heterocycles. The quantitative estimate of drug-likeness (QED) is 0.526. The molecule has 0 aliphatic carbocycles. The second-order valence-electron chi connectivity index (χ2n) is 4.78. The van der Waals surface area contributed by atoms with Gasteiger partial charge in [-0.3, -0.25) is 19.7 Å². The Balaban J connectivity index is 1.94. The average Bonchev–Trinajstić information content (AvgIpc) is 2.73. The summed E-state index contributed by atoms with van der Waals surface area (Å²) in [5.41, 5.74) is 1.57. The largest absolute Gasteiger partial charge is 0.322 e. The highest BCUT2D eigenvalue weighted by Crippen LogP contribution is 2.34. The van der Waals surface area contributed by atoms with E-state index in [2.05, 4.69) is 43.8 Å². The van der Waals surface area contributed by atoms with Gasteiger partial charge < -0.3 is 4.90 Å². The van der Waals surface area contributed by atoms with Crippen LogP contribution in [-0.4, -0.2) is 28.7 Å². The molecule has 1 N–H and O–H groups in total. The van der Waals surface area contributed by atoms with E-state index < -0.39 is 6.04 Å². The summed E-state index contributed by atoms with van der Waals surface area (Å²) in [5.74, 6) is -0.792. The van der Waals surface area contributed by atoms with Crippen molar-refractivity contribution in [2.45, 2.75) is 25.4 Å². The molecule has 0 radical (unpaired) electrons. The number of hydrogen-bond donors (Lipinski definition) is 1. The third-order valence-electron chi connectivity index (χ3n) is 3.59. The summed E-state index contributed by atoms with van der Waals surface area (Å²) in [6.45, 7) is 0.401. The first-order valence-corrected chi connectivity index (χ1v) is 7.97. The minimum Gasteiger partial charge on any atom is -0.322 e. The topological polar surface area (TPSA) is 66.5 Å². The molecule has 0 spiro atoms. The van der Waals surface area contributed by atoms with Gasteiger partial charge in [-0.1, -0.05) is 15.9 Å². The van der Waals surface area contributed by atoms with Crippen molar-refractivity contribution in [1.29, 1.82) is 0 Å². The number of hydrogen-bond acceptors (Lipinski definition) is 3. The third kappa shape index (κ3) is 2.16. The fraction of sp³-hybridized carbons (Fsp3) is 0.308. The van der Waals surface area contributed by atoms with Crippen LogP contribution >= 0.6 is 38.5 Å². The SMILES string of the molecule is O=C1CC[C@H](N2Cc3c(Br)ccc(I)c3C2=O)C(=O)N1. The Morgan fingerprint density at radius 2 is 2.05 bits per heavy atom. The summed E-state index contributed by atoms with van der Waals surface area (Å²) in [6, 6.07) is 3.22.